The fourth-order valence-electron chi connectivity index (χ4n) is 0.689. The zero-order valence-electron chi connectivity index (χ0n) is 8.20. The van der Waals surface area contributed by atoms with Crippen LogP contribution in [0.3, 0.4) is 0 Å². The van der Waals surface area contributed by atoms with E-state index in [1.54, 1.807) is 30.3 Å². The third-order valence-electron chi connectivity index (χ3n) is 1.32. The predicted molar refractivity (Wildman–Crippen MR) is 55.8 cm³/mol. The Hall–Kier alpha value is -2.61. The van der Waals surface area contributed by atoms with Gasteiger partial charge in [0.15, 0.2) is 0 Å². The first-order valence-corrected chi connectivity index (χ1v) is 4.15. The average Bonchev–Trinajstić information content (AvgIpc) is 2.28. The Labute approximate surface area is 91.9 Å². The van der Waals surface area contributed by atoms with Gasteiger partial charge in [0.25, 0.3) is 0 Å². The molecule has 1 aromatic carbocycles. The number of hydrogen-bond acceptors (Lipinski definition) is 3. The van der Waals surface area contributed by atoms with Gasteiger partial charge in [0.05, 0.1) is 11.6 Å². The standard InChI is InChI=1S/C7H6O2.C4H3NO2/c8-7(9)6-4-2-1-3-5-6;5-3-1-2-4(6)7/h1-5H,(H,8,9);1-2H,(H,6,7). The lowest BCUT2D eigenvalue weighted by atomic mass is 10.2. The monoisotopic (exact) mass is 219 g/mol. The minimum Gasteiger partial charge on any atom is -0.478 e. The summed E-state index contributed by atoms with van der Waals surface area (Å²) in [5.41, 5.74) is 0.331. The minimum absolute atomic E-state index is 0.331. The molecular formula is C11H9NO4. The van der Waals surface area contributed by atoms with Crippen molar-refractivity contribution in [1.82, 2.24) is 0 Å². The first-order valence-electron chi connectivity index (χ1n) is 4.15. The molecule has 0 atom stereocenters. The number of nitrogens with zero attached hydrogens (tertiary/aromatic N) is 1. The highest BCUT2D eigenvalue weighted by atomic mass is 16.4. The molecule has 0 aliphatic heterocycles. The molecule has 0 unspecified atom stereocenters. The molecular weight excluding hydrogens is 210 g/mol. The molecule has 0 spiro atoms. The lowest BCUT2D eigenvalue weighted by Crippen LogP contribution is -1.93. The van der Waals surface area contributed by atoms with Crippen LogP contribution in [0.1, 0.15) is 10.4 Å². The normalized spacial score (nSPS) is 8.69. The van der Waals surface area contributed by atoms with Crippen molar-refractivity contribution in [3.8, 4) is 6.07 Å². The van der Waals surface area contributed by atoms with Gasteiger partial charge in [-0.05, 0) is 12.1 Å². The number of nitriles is 1. The van der Waals surface area contributed by atoms with Gasteiger partial charge in [-0.1, -0.05) is 18.2 Å². The minimum atomic E-state index is -1.10. The molecule has 0 heterocycles. The van der Waals surface area contributed by atoms with Gasteiger partial charge in [-0.15, -0.1) is 0 Å². The number of benzene rings is 1. The molecule has 16 heavy (non-hydrogen) atoms. The summed E-state index contributed by atoms with van der Waals surface area (Å²) in [6, 6.07) is 9.83. The van der Waals surface area contributed by atoms with Gasteiger partial charge in [0, 0.05) is 12.2 Å². The van der Waals surface area contributed by atoms with Crippen molar-refractivity contribution in [2.45, 2.75) is 0 Å². The van der Waals surface area contributed by atoms with Crippen LogP contribution < -0.4 is 0 Å². The molecule has 0 amide bonds. The first kappa shape index (κ1) is 13.4. The second-order valence-electron chi connectivity index (χ2n) is 2.47. The highest BCUT2D eigenvalue weighted by molar-refractivity contribution is 5.87. The molecule has 0 saturated heterocycles. The molecule has 0 aliphatic carbocycles. The molecule has 0 aromatic heterocycles. The van der Waals surface area contributed by atoms with Crippen LogP contribution in [0.2, 0.25) is 0 Å². The lowest BCUT2D eigenvalue weighted by Gasteiger charge is -1.88. The van der Waals surface area contributed by atoms with Crippen LogP contribution in [0, 0.1) is 11.3 Å². The number of aliphatic carboxylic acids is 1. The summed E-state index contributed by atoms with van der Waals surface area (Å²) in [4.78, 5) is 19.7. The maximum Gasteiger partial charge on any atom is 0.335 e. The highest BCUT2D eigenvalue weighted by Crippen LogP contribution is 1.96. The largest absolute Gasteiger partial charge is 0.478 e. The first-order chi connectivity index (χ1) is 7.57. The van der Waals surface area contributed by atoms with Crippen molar-refractivity contribution in [3.05, 3.63) is 48.0 Å². The number of aromatic carboxylic acids is 1. The van der Waals surface area contributed by atoms with E-state index in [0.717, 1.165) is 12.2 Å². The zero-order valence-corrected chi connectivity index (χ0v) is 8.20. The third-order valence-corrected chi connectivity index (χ3v) is 1.32. The Bertz CT molecular complexity index is 417. The van der Waals surface area contributed by atoms with Gasteiger partial charge < -0.3 is 10.2 Å². The second kappa shape index (κ2) is 7.76. The Morgan fingerprint density at radius 1 is 1.19 bits per heavy atom. The fourth-order valence-corrected chi connectivity index (χ4v) is 0.689. The number of carbonyl (C=O) groups is 2. The van der Waals surface area contributed by atoms with Crippen LogP contribution in [0.15, 0.2) is 42.5 Å². The number of rotatable bonds is 2. The zero-order chi connectivity index (χ0) is 12.4. The Balaban J connectivity index is 0.000000293. The van der Waals surface area contributed by atoms with Crippen molar-refractivity contribution in [2.24, 2.45) is 0 Å². The van der Waals surface area contributed by atoms with E-state index in [-0.39, 0.29) is 0 Å². The van der Waals surface area contributed by atoms with Crippen LogP contribution in [0.25, 0.3) is 0 Å². The molecule has 0 bridgehead atoms. The van der Waals surface area contributed by atoms with E-state index in [9.17, 15) is 9.59 Å². The Morgan fingerprint density at radius 3 is 2.00 bits per heavy atom. The molecule has 0 radical (unpaired) electrons. The summed E-state index contributed by atoms with van der Waals surface area (Å²) in [6.45, 7) is 0. The number of hydrogen-bond donors (Lipinski definition) is 2. The Morgan fingerprint density at radius 2 is 1.75 bits per heavy atom. The molecule has 0 saturated carbocycles. The summed E-state index contributed by atoms with van der Waals surface area (Å²) in [6.07, 6.45) is 1.68. The smallest absolute Gasteiger partial charge is 0.335 e. The topological polar surface area (TPSA) is 98.4 Å². The van der Waals surface area contributed by atoms with Gasteiger partial charge >= 0.3 is 11.9 Å². The molecule has 0 fully saturated rings. The third kappa shape index (κ3) is 6.86. The van der Waals surface area contributed by atoms with Crippen molar-refractivity contribution in [1.29, 1.82) is 5.26 Å². The fraction of sp³-hybridized carbons (Fsp3) is 0. The van der Waals surface area contributed by atoms with E-state index >= 15 is 0 Å². The van der Waals surface area contributed by atoms with Gasteiger partial charge in [-0.25, -0.2) is 9.59 Å². The van der Waals surface area contributed by atoms with Crippen LogP contribution >= 0.6 is 0 Å². The predicted octanol–water partition coefficient (Wildman–Crippen LogP) is 1.54. The summed E-state index contributed by atoms with van der Waals surface area (Å²) >= 11 is 0. The average molecular weight is 219 g/mol. The van der Waals surface area contributed by atoms with Crippen LogP contribution in [-0.2, 0) is 4.79 Å². The summed E-state index contributed by atoms with van der Waals surface area (Å²) in [5, 5.41) is 23.9. The number of carboxylic acid groups (broad SMARTS) is 2. The number of allylic oxidation sites excluding steroid dienone is 1. The molecule has 5 nitrogen and oxygen atoms in total. The van der Waals surface area contributed by atoms with E-state index in [1.807, 2.05) is 0 Å². The number of carboxylic acids is 2. The van der Waals surface area contributed by atoms with Crippen molar-refractivity contribution in [2.75, 3.05) is 0 Å². The van der Waals surface area contributed by atoms with Crippen molar-refractivity contribution in [3.63, 3.8) is 0 Å². The molecule has 1 aromatic rings. The lowest BCUT2D eigenvalue weighted by molar-refractivity contribution is -0.131. The molecule has 82 valence electrons. The van der Waals surface area contributed by atoms with Gasteiger partial charge in [0.2, 0.25) is 0 Å². The van der Waals surface area contributed by atoms with Crippen LogP contribution in [0.4, 0.5) is 0 Å². The summed E-state index contributed by atoms with van der Waals surface area (Å²) < 4.78 is 0. The van der Waals surface area contributed by atoms with Gasteiger partial charge in [0.1, 0.15) is 0 Å². The molecule has 0 aliphatic rings. The van der Waals surface area contributed by atoms with Gasteiger partial charge in [-0.3, -0.25) is 0 Å². The van der Waals surface area contributed by atoms with Crippen LogP contribution in [0.5, 0.6) is 0 Å². The maximum atomic E-state index is 10.2. The van der Waals surface area contributed by atoms with Crippen molar-refractivity contribution >= 4 is 11.9 Å². The van der Waals surface area contributed by atoms with E-state index in [4.69, 9.17) is 15.5 Å². The quantitative estimate of drug-likeness (QED) is 0.580. The van der Waals surface area contributed by atoms with Gasteiger partial charge in [-0.2, -0.15) is 5.26 Å². The van der Waals surface area contributed by atoms with Crippen LogP contribution in [-0.4, -0.2) is 22.2 Å². The van der Waals surface area contributed by atoms with E-state index < -0.39 is 11.9 Å². The molecule has 5 heteroatoms. The molecule has 2 N–H and O–H groups in total. The second-order valence-corrected chi connectivity index (χ2v) is 2.47. The van der Waals surface area contributed by atoms with E-state index in [0.29, 0.717) is 5.56 Å². The highest BCUT2D eigenvalue weighted by Gasteiger charge is 1.96. The van der Waals surface area contributed by atoms with E-state index in [2.05, 4.69) is 0 Å². The Kier molecular flexibility index (Phi) is 6.50. The van der Waals surface area contributed by atoms with E-state index in [1.165, 1.54) is 6.07 Å². The molecule has 1 rings (SSSR count). The SMILES string of the molecule is N#CC=CC(=O)O.O=C(O)c1ccccc1. The summed E-state index contributed by atoms with van der Waals surface area (Å²) in [5.74, 6) is -1.97. The van der Waals surface area contributed by atoms with Crippen molar-refractivity contribution < 1.29 is 19.8 Å². The summed E-state index contributed by atoms with van der Waals surface area (Å²) in [7, 11) is 0. The maximum absolute atomic E-state index is 10.2.